The van der Waals surface area contributed by atoms with Crippen molar-refractivity contribution in [3.8, 4) is 5.75 Å². The van der Waals surface area contributed by atoms with Crippen LogP contribution in [0.2, 0.25) is 0 Å². The third-order valence-electron chi connectivity index (χ3n) is 3.53. The first-order chi connectivity index (χ1) is 12.7. The molecule has 1 unspecified atom stereocenters. The standard InChI is InChI=1S/C17H17F3N4O3/c1-3-15(25)23-24(16(26)14-10-21-7-8-22-14)11(2)12-5-4-6-13(9-12)27-17(18,19)20/h4-11H,3H2,1-2H3,(H,23,25). The van der Waals surface area contributed by atoms with Crippen LogP contribution >= 0.6 is 0 Å². The van der Waals surface area contributed by atoms with Crippen LogP contribution in [0.15, 0.2) is 42.9 Å². The number of nitrogens with one attached hydrogen (secondary N) is 1. The molecule has 10 heteroatoms. The molecular formula is C17H17F3N4O3. The van der Waals surface area contributed by atoms with Crippen LogP contribution in [0.25, 0.3) is 0 Å². The van der Waals surface area contributed by atoms with Crippen LogP contribution in [-0.4, -0.2) is 33.2 Å². The van der Waals surface area contributed by atoms with Crippen molar-refractivity contribution in [2.24, 2.45) is 0 Å². The molecular weight excluding hydrogens is 365 g/mol. The van der Waals surface area contributed by atoms with Gasteiger partial charge in [0.05, 0.1) is 12.2 Å². The highest BCUT2D eigenvalue weighted by Gasteiger charge is 2.32. The van der Waals surface area contributed by atoms with E-state index < -0.39 is 30.0 Å². The summed E-state index contributed by atoms with van der Waals surface area (Å²) in [5.74, 6) is -1.53. The zero-order chi connectivity index (χ0) is 20.0. The second kappa shape index (κ2) is 8.47. The minimum absolute atomic E-state index is 0.0246. The van der Waals surface area contributed by atoms with Crippen molar-refractivity contribution < 1.29 is 27.5 Å². The highest BCUT2D eigenvalue weighted by atomic mass is 19.4. The Morgan fingerprint density at radius 3 is 2.63 bits per heavy atom. The molecule has 0 radical (unpaired) electrons. The molecule has 0 saturated heterocycles. The molecule has 0 aliphatic heterocycles. The molecule has 1 heterocycles. The molecule has 2 amide bonds. The molecule has 0 fully saturated rings. The van der Waals surface area contributed by atoms with E-state index >= 15 is 0 Å². The minimum Gasteiger partial charge on any atom is -0.406 e. The van der Waals surface area contributed by atoms with E-state index in [0.717, 1.165) is 17.1 Å². The van der Waals surface area contributed by atoms with E-state index in [1.807, 2.05) is 0 Å². The van der Waals surface area contributed by atoms with Gasteiger partial charge in [-0.05, 0) is 24.6 Å². The molecule has 27 heavy (non-hydrogen) atoms. The highest BCUT2D eigenvalue weighted by molar-refractivity contribution is 5.93. The lowest BCUT2D eigenvalue weighted by Crippen LogP contribution is -2.47. The smallest absolute Gasteiger partial charge is 0.406 e. The van der Waals surface area contributed by atoms with Gasteiger partial charge < -0.3 is 4.74 Å². The van der Waals surface area contributed by atoms with E-state index in [1.165, 1.54) is 30.7 Å². The maximum Gasteiger partial charge on any atom is 0.573 e. The molecule has 0 aliphatic rings. The minimum atomic E-state index is -4.84. The number of aromatic nitrogens is 2. The Morgan fingerprint density at radius 2 is 2.04 bits per heavy atom. The fourth-order valence-corrected chi connectivity index (χ4v) is 2.19. The number of ether oxygens (including phenoxy) is 1. The largest absolute Gasteiger partial charge is 0.573 e. The van der Waals surface area contributed by atoms with Crippen LogP contribution in [-0.2, 0) is 4.79 Å². The topological polar surface area (TPSA) is 84.4 Å². The van der Waals surface area contributed by atoms with Crippen molar-refractivity contribution in [3.63, 3.8) is 0 Å². The predicted octanol–water partition coefficient (Wildman–Crippen LogP) is 3.02. The van der Waals surface area contributed by atoms with Gasteiger partial charge in [0.15, 0.2) is 0 Å². The molecule has 1 aromatic heterocycles. The Balaban J connectivity index is 2.33. The first-order valence-corrected chi connectivity index (χ1v) is 7.96. The number of nitrogens with zero attached hydrogens (tertiary/aromatic N) is 3. The van der Waals surface area contributed by atoms with Crippen molar-refractivity contribution >= 4 is 11.8 Å². The lowest BCUT2D eigenvalue weighted by molar-refractivity contribution is -0.274. The molecule has 7 nitrogen and oxygen atoms in total. The second-order valence-electron chi connectivity index (χ2n) is 5.45. The van der Waals surface area contributed by atoms with Crippen LogP contribution < -0.4 is 10.2 Å². The molecule has 1 N–H and O–H groups in total. The Hall–Kier alpha value is -3.17. The van der Waals surface area contributed by atoms with E-state index in [0.29, 0.717) is 5.56 Å². The van der Waals surface area contributed by atoms with E-state index in [1.54, 1.807) is 13.8 Å². The maximum atomic E-state index is 12.7. The zero-order valence-electron chi connectivity index (χ0n) is 14.5. The van der Waals surface area contributed by atoms with Crippen LogP contribution in [0.4, 0.5) is 13.2 Å². The number of carbonyl (C=O) groups excluding carboxylic acids is 2. The number of rotatable bonds is 5. The lowest BCUT2D eigenvalue weighted by atomic mass is 10.1. The molecule has 0 bridgehead atoms. The van der Waals surface area contributed by atoms with E-state index in [2.05, 4.69) is 20.1 Å². The monoisotopic (exact) mass is 382 g/mol. The van der Waals surface area contributed by atoms with Gasteiger partial charge in [-0.3, -0.25) is 20.0 Å². The first-order valence-electron chi connectivity index (χ1n) is 7.96. The van der Waals surface area contributed by atoms with Gasteiger partial charge in [-0.15, -0.1) is 13.2 Å². The van der Waals surface area contributed by atoms with Gasteiger partial charge in [-0.1, -0.05) is 19.1 Å². The SMILES string of the molecule is CCC(=O)NN(C(=O)c1cnccn1)C(C)c1cccc(OC(F)(F)F)c1. The number of hydrazine groups is 1. The van der Waals surface area contributed by atoms with E-state index in [4.69, 9.17) is 0 Å². The summed E-state index contributed by atoms with van der Waals surface area (Å²) in [6.45, 7) is 3.15. The van der Waals surface area contributed by atoms with Gasteiger partial charge in [-0.2, -0.15) is 0 Å². The van der Waals surface area contributed by atoms with Crippen LogP contribution in [0.5, 0.6) is 5.75 Å². The van der Waals surface area contributed by atoms with Crippen LogP contribution in [0.1, 0.15) is 42.4 Å². The fourth-order valence-electron chi connectivity index (χ4n) is 2.19. The normalized spacial score (nSPS) is 12.2. The lowest BCUT2D eigenvalue weighted by Gasteiger charge is -2.29. The molecule has 1 atom stereocenters. The molecule has 144 valence electrons. The molecule has 0 aliphatic carbocycles. The first kappa shape index (κ1) is 20.1. The summed E-state index contributed by atoms with van der Waals surface area (Å²) in [4.78, 5) is 32.3. The van der Waals surface area contributed by atoms with Gasteiger partial charge in [0.25, 0.3) is 5.91 Å². The molecule has 2 rings (SSSR count). The summed E-state index contributed by atoms with van der Waals surface area (Å²) in [6, 6.07) is 4.37. The van der Waals surface area contributed by atoms with Crippen molar-refractivity contribution in [1.29, 1.82) is 0 Å². The third kappa shape index (κ3) is 5.66. The Labute approximate surface area is 153 Å². The molecule has 0 saturated carbocycles. The van der Waals surface area contributed by atoms with Gasteiger partial charge >= 0.3 is 6.36 Å². The van der Waals surface area contributed by atoms with Gasteiger partial charge in [0, 0.05) is 18.8 Å². The number of amides is 2. The number of halogens is 3. The van der Waals surface area contributed by atoms with Crippen LogP contribution in [0.3, 0.4) is 0 Å². The number of hydrogen-bond donors (Lipinski definition) is 1. The van der Waals surface area contributed by atoms with Crippen molar-refractivity contribution in [2.75, 3.05) is 0 Å². The Kier molecular flexibility index (Phi) is 6.32. The van der Waals surface area contributed by atoms with Gasteiger partial charge in [-0.25, -0.2) is 9.99 Å². The summed E-state index contributed by atoms with van der Waals surface area (Å²) in [6.07, 6.45) is -0.812. The van der Waals surface area contributed by atoms with Crippen molar-refractivity contribution in [3.05, 3.63) is 54.1 Å². The molecule has 2 aromatic rings. The van der Waals surface area contributed by atoms with E-state index in [-0.39, 0.29) is 12.1 Å². The zero-order valence-corrected chi connectivity index (χ0v) is 14.5. The predicted molar refractivity (Wildman–Crippen MR) is 88.2 cm³/mol. The summed E-state index contributed by atoms with van der Waals surface area (Å²) in [5, 5.41) is 1.00. The summed E-state index contributed by atoms with van der Waals surface area (Å²) < 4.78 is 41.2. The summed E-state index contributed by atoms with van der Waals surface area (Å²) in [5.41, 5.74) is 2.74. The van der Waals surface area contributed by atoms with Crippen molar-refractivity contribution in [2.45, 2.75) is 32.7 Å². The summed E-state index contributed by atoms with van der Waals surface area (Å²) >= 11 is 0. The Bertz CT molecular complexity index is 800. The quantitative estimate of drug-likeness (QED) is 0.804. The van der Waals surface area contributed by atoms with Gasteiger partial charge in [0.1, 0.15) is 11.4 Å². The maximum absolute atomic E-state index is 12.7. The number of hydrogen-bond acceptors (Lipinski definition) is 5. The fraction of sp³-hybridized carbons (Fsp3) is 0.294. The average Bonchev–Trinajstić information content (AvgIpc) is 2.64. The second-order valence-corrected chi connectivity index (χ2v) is 5.45. The Morgan fingerprint density at radius 1 is 1.30 bits per heavy atom. The summed E-state index contributed by atoms with van der Waals surface area (Å²) in [7, 11) is 0. The van der Waals surface area contributed by atoms with Gasteiger partial charge in [0.2, 0.25) is 5.91 Å². The third-order valence-corrected chi connectivity index (χ3v) is 3.53. The molecule has 0 spiro atoms. The average molecular weight is 382 g/mol. The molecule has 1 aromatic carbocycles. The van der Waals surface area contributed by atoms with Crippen LogP contribution in [0, 0.1) is 0 Å². The highest BCUT2D eigenvalue weighted by Crippen LogP contribution is 2.27. The number of alkyl halides is 3. The number of carbonyl (C=O) groups is 2. The number of benzene rings is 1. The van der Waals surface area contributed by atoms with E-state index in [9.17, 15) is 22.8 Å². The van der Waals surface area contributed by atoms with Crippen molar-refractivity contribution in [1.82, 2.24) is 20.4 Å².